The van der Waals surface area contributed by atoms with Crippen LogP contribution in [0.15, 0.2) is 36.4 Å². The second-order valence-corrected chi connectivity index (χ2v) is 8.37. The van der Waals surface area contributed by atoms with Gasteiger partial charge in [0.25, 0.3) is 0 Å². The molecular weight excluding hydrogens is 398 g/mol. The minimum atomic E-state index is -1.14. The first-order valence-electron chi connectivity index (χ1n) is 10.1. The molecule has 0 aromatic heterocycles. The number of carbonyl (C=O) groups excluding carboxylic acids is 1. The third kappa shape index (κ3) is 7.20. The molecule has 1 atom stereocenters. The molecule has 2 aromatic rings. The molecule has 0 aliphatic carbocycles. The molecule has 1 amide bonds. The van der Waals surface area contributed by atoms with Gasteiger partial charge in [-0.25, -0.2) is 9.59 Å². The standard InChI is InChI=1S/C24H31NO6/c1-15-8-7-9-20(16(15)2)30-14-18-12-17(10-11-21(18)29-6)13-19(22(26)27)25-23(28)31-24(3,4)5/h7-12,19H,13-14H2,1-6H3,(H,25,28)(H,26,27). The zero-order chi connectivity index (χ0) is 23.2. The van der Waals surface area contributed by atoms with E-state index in [-0.39, 0.29) is 13.0 Å². The molecule has 2 aromatic carbocycles. The van der Waals surface area contributed by atoms with Crippen LogP contribution in [0.2, 0.25) is 0 Å². The number of carbonyl (C=O) groups is 2. The van der Waals surface area contributed by atoms with Gasteiger partial charge < -0.3 is 24.6 Å². The molecule has 0 spiro atoms. The molecule has 7 heteroatoms. The van der Waals surface area contributed by atoms with E-state index in [9.17, 15) is 14.7 Å². The zero-order valence-electron chi connectivity index (χ0n) is 18.9. The molecule has 0 aliphatic heterocycles. The van der Waals surface area contributed by atoms with Gasteiger partial charge in [0.15, 0.2) is 0 Å². The highest BCUT2D eigenvalue weighted by Crippen LogP contribution is 2.26. The average Bonchev–Trinajstić information content (AvgIpc) is 2.67. The van der Waals surface area contributed by atoms with E-state index in [0.29, 0.717) is 5.75 Å². The minimum absolute atomic E-state index is 0.0923. The van der Waals surface area contributed by atoms with Crippen molar-refractivity contribution in [3.8, 4) is 11.5 Å². The summed E-state index contributed by atoms with van der Waals surface area (Å²) in [6, 6.07) is 10.1. The summed E-state index contributed by atoms with van der Waals surface area (Å²) < 4.78 is 16.6. The van der Waals surface area contributed by atoms with E-state index >= 15 is 0 Å². The van der Waals surface area contributed by atoms with Crippen LogP contribution in [0.25, 0.3) is 0 Å². The zero-order valence-corrected chi connectivity index (χ0v) is 18.9. The highest BCUT2D eigenvalue weighted by atomic mass is 16.6. The number of hydrogen-bond acceptors (Lipinski definition) is 5. The Bertz CT molecular complexity index is 932. The van der Waals surface area contributed by atoms with Crippen LogP contribution in [0.5, 0.6) is 11.5 Å². The van der Waals surface area contributed by atoms with Crippen molar-refractivity contribution >= 4 is 12.1 Å². The largest absolute Gasteiger partial charge is 0.496 e. The van der Waals surface area contributed by atoms with Gasteiger partial charge in [-0.15, -0.1) is 0 Å². The third-order valence-electron chi connectivity index (χ3n) is 4.71. The Labute approximate surface area is 183 Å². The molecule has 31 heavy (non-hydrogen) atoms. The lowest BCUT2D eigenvalue weighted by molar-refractivity contribution is -0.139. The second-order valence-electron chi connectivity index (χ2n) is 8.37. The van der Waals surface area contributed by atoms with Crippen LogP contribution in [0.1, 0.15) is 43.0 Å². The maximum Gasteiger partial charge on any atom is 0.408 e. The highest BCUT2D eigenvalue weighted by molar-refractivity contribution is 5.80. The Kier molecular flexibility index (Phi) is 7.91. The number of rotatable bonds is 8. The minimum Gasteiger partial charge on any atom is -0.496 e. The molecule has 0 fully saturated rings. The number of benzene rings is 2. The molecule has 0 aliphatic rings. The first-order valence-corrected chi connectivity index (χ1v) is 10.1. The number of aliphatic carboxylic acids is 1. The summed E-state index contributed by atoms with van der Waals surface area (Å²) in [5, 5.41) is 12.0. The van der Waals surface area contributed by atoms with E-state index in [1.807, 2.05) is 38.1 Å². The van der Waals surface area contributed by atoms with Crippen LogP contribution in [0.3, 0.4) is 0 Å². The molecule has 2 N–H and O–H groups in total. The van der Waals surface area contributed by atoms with E-state index in [1.54, 1.807) is 40.0 Å². The number of alkyl carbamates (subject to hydrolysis) is 1. The van der Waals surface area contributed by atoms with Crippen LogP contribution in [-0.2, 0) is 22.6 Å². The van der Waals surface area contributed by atoms with Crippen molar-refractivity contribution in [1.29, 1.82) is 0 Å². The van der Waals surface area contributed by atoms with Crippen molar-refractivity contribution in [1.82, 2.24) is 5.32 Å². The van der Waals surface area contributed by atoms with Crippen LogP contribution >= 0.6 is 0 Å². The number of methoxy groups -OCH3 is 1. The van der Waals surface area contributed by atoms with E-state index in [4.69, 9.17) is 14.2 Å². The van der Waals surface area contributed by atoms with Crippen LogP contribution in [0, 0.1) is 13.8 Å². The van der Waals surface area contributed by atoms with Gasteiger partial charge in [0.1, 0.15) is 29.7 Å². The molecule has 2 rings (SSSR count). The predicted molar refractivity (Wildman–Crippen MR) is 118 cm³/mol. The molecule has 7 nitrogen and oxygen atoms in total. The summed E-state index contributed by atoms with van der Waals surface area (Å²) in [4.78, 5) is 23.7. The quantitative estimate of drug-likeness (QED) is 0.645. The number of ether oxygens (including phenoxy) is 3. The molecule has 168 valence electrons. The van der Waals surface area contributed by atoms with Crippen molar-refractivity contribution in [3.63, 3.8) is 0 Å². The Morgan fingerprint density at radius 1 is 1.10 bits per heavy atom. The van der Waals surface area contributed by atoms with Gasteiger partial charge in [-0.3, -0.25) is 0 Å². The third-order valence-corrected chi connectivity index (χ3v) is 4.71. The topological polar surface area (TPSA) is 94.1 Å². The van der Waals surface area contributed by atoms with Gasteiger partial charge in [-0.1, -0.05) is 18.2 Å². The number of carboxylic acid groups (broad SMARTS) is 1. The maximum atomic E-state index is 12.0. The molecule has 0 heterocycles. The van der Waals surface area contributed by atoms with E-state index in [2.05, 4.69) is 5.32 Å². The Balaban J connectivity index is 2.16. The van der Waals surface area contributed by atoms with Gasteiger partial charge in [0.2, 0.25) is 0 Å². The summed E-state index contributed by atoms with van der Waals surface area (Å²) >= 11 is 0. The second kappa shape index (κ2) is 10.2. The van der Waals surface area contributed by atoms with Gasteiger partial charge in [-0.05, 0) is 69.5 Å². The molecule has 0 saturated heterocycles. The molecule has 0 bridgehead atoms. The Morgan fingerprint density at radius 2 is 1.81 bits per heavy atom. The molecular formula is C24H31NO6. The van der Waals surface area contributed by atoms with E-state index in [1.165, 1.54) is 0 Å². The first kappa shape index (κ1) is 24.1. The van der Waals surface area contributed by atoms with Crippen molar-refractivity contribution in [2.75, 3.05) is 7.11 Å². The Morgan fingerprint density at radius 3 is 2.42 bits per heavy atom. The number of amides is 1. The van der Waals surface area contributed by atoms with Crippen molar-refractivity contribution in [3.05, 3.63) is 58.7 Å². The fourth-order valence-corrected chi connectivity index (χ4v) is 2.99. The van der Waals surface area contributed by atoms with Gasteiger partial charge >= 0.3 is 12.1 Å². The SMILES string of the molecule is COc1ccc(CC(NC(=O)OC(C)(C)C)C(=O)O)cc1COc1cccc(C)c1C. The van der Waals surface area contributed by atoms with Crippen molar-refractivity contribution in [2.24, 2.45) is 0 Å². The number of carboxylic acids is 1. The fourth-order valence-electron chi connectivity index (χ4n) is 2.99. The smallest absolute Gasteiger partial charge is 0.408 e. The highest BCUT2D eigenvalue weighted by Gasteiger charge is 2.24. The monoisotopic (exact) mass is 429 g/mol. The summed E-state index contributed by atoms with van der Waals surface area (Å²) in [5.41, 5.74) is 2.98. The maximum absolute atomic E-state index is 12.0. The molecule has 0 radical (unpaired) electrons. The Hall–Kier alpha value is -3.22. The van der Waals surface area contributed by atoms with Crippen molar-refractivity contribution in [2.45, 2.75) is 59.3 Å². The van der Waals surface area contributed by atoms with Gasteiger partial charge in [0, 0.05) is 12.0 Å². The number of aryl methyl sites for hydroxylation is 1. The lowest BCUT2D eigenvalue weighted by Gasteiger charge is -2.22. The van der Waals surface area contributed by atoms with Crippen LogP contribution < -0.4 is 14.8 Å². The first-order chi connectivity index (χ1) is 14.5. The summed E-state index contributed by atoms with van der Waals surface area (Å²) in [6.07, 6.45) is -0.679. The lowest BCUT2D eigenvalue weighted by Crippen LogP contribution is -2.44. The van der Waals surface area contributed by atoms with Crippen molar-refractivity contribution < 1.29 is 28.9 Å². The van der Waals surface area contributed by atoms with Crippen LogP contribution in [-0.4, -0.2) is 35.9 Å². The summed E-state index contributed by atoms with van der Waals surface area (Å²) in [7, 11) is 1.57. The number of nitrogens with one attached hydrogen (secondary N) is 1. The predicted octanol–water partition coefficient (Wildman–Crippen LogP) is 4.41. The van der Waals surface area contributed by atoms with E-state index in [0.717, 1.165) is 28.0 Å². The lowest BCUT2D eigenvalue weighted by atomic mass is 10.0. The van der Waals surface area contributed by atoms with E-state index < -0.39 is 23.7 Å². The summed E-state index contributed by atoms with van der Waals surface area (Å²) in [5.74, 6) is 0.276. The summed E-state index contributed by atoms with van der Waals surface area (Å²) in [6.45, 7) is 9.43. The molecule has 0 saturated carbocycles. The molecule has 1 unspecified atom stereocenters. The number of hydrogen-bond donors (Lipinski definition) is 2. The fraction of sp³-hybridized carbons (Fsp3) is 0.417. The van der Waals surface area contributed by atoms with Crippen LogP contribution in [0.4, 0.5) is 4.79 Å². The van der Waals surface area contributed by atoms with Gasteiger partial charge in [-0.2, -0.15) is 0 Å². The average molecular weight is 430 g/mol. The normalized spacial score (nSPS) is 12.1. The van der Waals surface area contributed by atoms with Gasteiger partial charge in [0.05, 0.1) is 7.11 Å².